The van der Waals surface area contributed by atoms with Crippen LogP contribution < -0.4 is 9.80 Å². The highest BCUT2D eigenvalue weighted by atomic mass is 19.1. The van der Waals surface area contributed by atoms with Crippen LogP contribution in [0.25, 0.3) is 11.1 Å². The van der Waals surface area contributed by atoms with Crippen molar-refractivity contribution in [1.82, 2.24) is 9.78 Å². The van der Waals surface area contributed by atoms with Crippen LogP contribution >= 0.6 is 0 Å². The van der Waals surface area contributed by atoms with Gasteiger partial charge < -0.3 is 15.1 Å². The minimum atomic E-state index is -1.34. The molecule has 0 spiro atoms. The van der Waals surface area contributed by atoms with Crippen molar-refractivity contribution >= 4 is 23.4 Å². The maximum absolute atomic E-state index is 14.8. The van der Waals surface area contributed by atoms with Gasteiger partial charge in [0.05, 0.1) is 42.8 Å². The Bertz CT molecular complexity index is 1230. The van der Waals surface area contributed by atoms with Gasteiger partial charge >= 0.3 is 6.09 Å². The number of aliphatic hydroxyl groups excluding tert-OH is 1. The Labute approximate surface area is 188 Å². The molecule has 2 N–H and O–H groups in total. The Morgan fingerprint density at radius 2 is 1.82 bits per heavy atom. The fourth-order valence-electron chi connectivity index (χ4n) is 4.38. The molecule has 4 rings (SSSR count). The molecular weight excluding hydrogens is 434 g/mol. The van der Waals surface area contributed by atoms with Crippen molar-refractivity contribution in [1.29, 1.82) is 0 Å². The summed E-state index contributed by atoms with van der Waals surface area (Å²) in [5.41, 5.74) is 1.82. The van der Waals surface area contributed by atoms with Crippen LogP contribution in [0.1, 0.15) is 25.5 Å². The smallest absolute Gasteiger partial charge is 0.412 e. The van der Waals surface area contributed by atoms with Crippen molar-refractivity contribution in [2.24, 2.45) is 0 Å². The molecule has 2 amide bonds. The number of nitrogens with zero attached hydrogens (tertiary/aromatic N) is 4. The maximum Gasteiger partial charge on any atom is 0.412 e. The van der Waals surface area contributed by atoms with E-state index >= 15 is 0 Å². The van der Waals surface area contributed by atoms with Crippen LogP contribution in [0.4, 0.5) is 25.0 Å². The van der Waals surface area contributed by atoms with E-state index in [2.05, 4.69) is 5.10 Å². The number of hydrogen-bond acceptors (Lipinski definition) is 4. The van der Waals surface area contributed by atoms with Gasteiger partial charge in [-0.05, 0) is 30.7 Å². The lowest BCUT2D eigenvalue weighted by atomic mass is 9.91. The van der Waals surface area contributed by atoms with Crippen molar-refractivity contribution in [2.75, 3.05) is 16.4 Å². The van der Waals surface area contributed by atoms with Crippen LogP contribution in [0, 0.1) is 11.6 Å². The average molecular weight is 456 g/mol. The molecule has 8 nitrogen and oxygen atoms in total. The number of hydrogen-bond donors (Lipinski definition) is 2. The van der Waals surface area contributed by atoms with E-state index in [1.807, 2.05) is 0 Å². The summed E-state index contributed by atoms with van der Waals surface area (Å²) in [6.07, 6.45) is 1.94. The van der Waals surface area contributed by atoms with E-state index in [1.54, 1.807) is 42.2 Å². The zero-order valence-electron chi connectivity index (χ0n) is 17.9. The van der Waals surface area contributed by atoms with Crippen molar-refractivity contribution < 1.29 is 28.6 Å². The lowest BCUT2D eigenvalue weighted by molar-refractivity contribution is -0.117. The number of rotatable bonds is 4. The van der Waals surface area contributed by atoms with E-state index in [-0.39, 0.29) is 23.8 Å². The second-order valence-electron chi connectivity index (χ2n) is 7.81. The van der Waals surface area contributed by atoms with E-state index in [1.165, 1.54) is 17.9 Å². The predicted octanol–water partition coefficient (Wildman–Crippen LogP) is 3.80. The molecule has 1 aliphatic rings. The highest BCUT2D eigenvalue weighted by molar-refractivity contribution is 6.03. The van der Waals surface area contributed by atoms with Gasteiger partial charge in [0.1, 0.15) is 11.6 Å². The second kappa shape index (κ2) is 8.62. The molecule has 2 aromatic carbocycles. The minimum Gasteiger partial charge on any atom is -0.465 e. The minimum absolute atomic E-state index is 0.0376. The van der Waals surface area contributed by atoms with Gasteiger partial charge in [0, 0.05) is 30.3 Å². The van der Waals surface area contributed by atoms with Gasteiger partial charge in [0.25, 0.3) is 0 Å². The summed E-state index contributed by atoms with van der Waals surface area (Å²) in [6, 6.07) is 6.07. The van der Waals surface area contributed by atoms with Crippen molar-refractivity contribution in [3.8, 4) is 11.1 Å². The molecule has 0 bridgehead atoms. The third-order valence-corrected chi connectivity index (χ3v) is 5.76. The molecular formula is C23H22F2N4O4. The molecule has 0 saturated heterocycles. The first-order valence-electron chi connectivity index (χ1n) is 10.3. The molecule has 3 aromatic rings. The molecule has 1 aromatic heterocycles. The van der Waals surface area contributed by atoms with Gasteiger partial charge in [-0.25, -0.2) is 13.6 Å². The molecule has 10 heteroatoms. The summed E-state index contributed by atoms with van der Waals surface area (Å²) in [7, 11) is 0. The van der Waals surface area contributed by atoms with Gasteiger partial charge in [0.2, 0.25) is 5.91 Å². The highest BCUT2D eigenvalue weighted by Gasteiger charge is 2.43. The summed E-state index contributed by atoms with van der Waals surface area (Å²) in [6.45, 7) is 3.18. The standard InChI is InChI=1S/C23H22F2N4O4/c1-13-22(18-5-4-17(24)10-19(18)25)29(23(32)33)21-9-15(3-6-20(21)28(13)14(2)31)16-11-26-27(12-16)7-8-30/h3-6,9-13,22,30H,7-8H2,1-2H3,(H,32,33)/t13-,22?/m0/s1. The molecule has 2 atom stereocenters. The van der Waals surface area contributed by atoms with Crippen molar-refractivity contribution in [3.63, 3.8) is 0 Å². The van der Waals surface area contributed by atoms with Gasteiger partial charge in [-0.3, -0.25) is 14.4 Å². The largest absolute Gasteiger partial charge is 0.465 e. The van der Waals surface area contributed by atoms with Gasteiger partial charge in [-0.15, -0.1) is 0 Å². The van der Waals surface area contributed by atoms with E-state index in [9.17, 15) is 23.5 Å². The number of carbonyl (C=O) groups is 2. The molecule has 0 radical (unpaired) electrons. The van der Waals surface area contributed by atoms with Crippen LogP contribution in [-0.4, -0.2) is 44.6 Å². The quantitative estimate of drug-likeness (QED) is 0.622. The van der Waals surface area contributed by atoms with E-state index in [0.29, 0.717) is 29.4 Å². The predicted molar refractivity (Wildman–Crippen MR) is 117 cm³/mol. The Morgan fingerprint density at radius 1 is 1.06 bits per heavy atom. The van der Waals surface area contributed by atoms with Crippen LogP contribution in [0.3, 0.4) is 0 Å². The maximum atomic E-state index is 14.8. The SMILES string of the molecule is CC(=O)N1c2ccc(-c3cnn(CCO)c3)cc2N(C(=O)O)C(c2ccc(F)cc2F)[C@@H]1C. The first-order valence-corrected chi connectivity index (χ1v) is 10.3. The van der Waals surface area contributed by atoms with Crippen molar-refractivity contribution in [2.45, 2.75) is 32.5 Å². The lowest BCUT2D eigenvalue weighted by Crippen LogP contribution is -2.53. The van der Waals surface area contributed by atoms with Gasteiger partial charge in [-0.2, -0.15) is 5.10 Å². The third kappa shape index (κ3) is 3.93. The Hall–Kier alpha value is -3.79. The average Bonchev–Trinajstić information content (AvgIpc) is 3.21. The van der Waals surface area contributed by atoms with Gasteiger partial charge in [0.15, 0.2) is 0 Å². The first-order chi connectivity index (χ1) is 15.7. The van der Waals surface area contributed by atoms with E-state index in [0.717, 1.165) is 11.0 Å². The van der Waals surface area contributed by atoms with Crippen LogP contribution in [0.5, 0.6) is 0 Å². The fourth-order valence-corrected chi connectivity index (χ4v) is 4.38. The van der Waals surface area contributed by atoms with E-state index in [4.69, 9.17) is 5.11 Å². The monoisotopic (exact) mass is 456 g/mol. The second-order valence-corrected chi connectivity index (χ2v) is 7.81. The van der Waals surface area contributed by atoms with Crippen molar-refractivity contribution in [3.05, 3.63) is 66.0 Å². The number of amides is 2. The number of carboxylic acid groups (broad SMARTS) is 1. The highest BCUT2D eigenvalue weighted by Crippen LogP contribution is 2.46. The number of aromatic nitrogens is 2. The summed E-state index contributed by atoms with van der Waals surface area (Å²) < 4.78 is 29.9. The molecule has 0 saturated carbocycles. The van der Waals surface area contributed by atoms with Crippen LogP contribution in [0.2, 0.25) is 0 Å². The molecule has 1 aliphatic heterocycles. The Morgan fingerprint density at radius 3 is 2.45 bits per heavy atom. The third-order valence-electron chi connectivity index (χ3n) is 5.76. The summed E-state index contributed by atoms with van der Waals surface area (Å²) in [5.74, 6) is -2.02. The number of anilines is 2. The summed E-state index contributed by atoms with van der Waals surface area (Å²) >= 11 is 0. The number of aliphatic hydroxyl groups is 1. The lowest BCUT2D eigenvalue weighted by Gasteiger charge is -2.46. The van der Waals surface area contributed by atoms with Crippen LogP contribution in [0.15, 0.2) is 48.8 Å². The number of fused-ring (bicyclic) bond motifs is 1. The Balaban J connectivity index is 1.91. The van der Waals surface area contributed by atoms with E-state index < -0.39 is 29.8 Å². The number of halogens is 2. The molecule has 33 heavy (non-hydrogen) atoms. The molecule has 0 fully saturated rings. The van der Waals surface area contributed by atoms with Gasteiger partial charge in [-0.1, -0.05) is 12.1 Å². The summed E-state index contributed by atoms with van der Waals surface area (Å²) in [5, 5.41) is 23.4. The molecule has 172 valence electrons. The zero-order chi connectivity index (χ0) is 23.9. The number of benzene rings is 2. The molecule has 0 aliphatic carbocycles. The number of carbonyl (C=O) groups excluding carboxylic acids is 1. The fraction of sp³-hybridized carbons (Fsp3) is 0.261. The zero-order valence-corrected chi connectivity index (χ0v) is 17.9. The van der Waals surface area contributed by atoms with Crippen LogP contribution in [-0.2, 0) is 11.3 Å². The molecule has 2 heterocycles. The topological polar surface area (TPSA) is 98.9 Å². The Kier molecular flexibility index (Phi) is 5.86. The normalized spacial score (nSPS) is 17.7. The molecule has 1 unspecified atom stereocenters. The first kappa shape index (κ1) is 22.4. The summed E-state index contributed by atoms with van der Waals surface area (Å²) in [4.78, 5) is 27.4.